The third-order valence-electron chi connectivity index (χ3n) is 1.55. The number of nitrogens with one attached hydrogen (secondary N) is 1. The molecule has 1 aromatic rings. The Hall–Kier alpha value is -0.840. The van der Waals surface area contributed by atoms with Gasteiger partial charge >= 0.3 is 5.97 Å². The Balaban J connectivity index is 3.07. The van der Waals surface area contributed by atoms with Gasteiger partial charge in [-0.15, -0.1) is 0 Å². The highest BCUT2D eigenvalue weighted by atomic mass is 79.9. The first-order valence-corrected chi connectivity index (χ1v) is 4.31. The Labute approximate surface area is 78.4 Å². The van der Waals surface area contributed by atoms with Crippen LogP contribution in [0.3, 0.4) is 0 Å². The van der Waals surface area contributed by atoms with Gasteiger partial charge in [-0.3, -0.25) is 5.10 Å². The fraction of sp³-hybridized carbons (Fsp3) is 0.429. The maximum absolute atomic E-state index is 11.1. The van der Waals surface area contributed by atoms with Crippen LogP contribution in [0.5, 0.6) is 0 Å². The van der Waals surface area contributed by atoms with Gasteiger partial charge in [-0.05, 0) is 22.4 Å². The van der Waals surface area contributed by atoms with E-state index < -0.39 is 5.97 Å². The van der Waals surface area contributed by atoms with E-state index in [4.69, 9.17) is 0 Å². The predicted octanol–water partition coefficient (Wildman–Crippen LogP) is 1.52. The van der Waals surface area contributed by atoms with Crippen LogP contribution in [0.4, 0.5) is 0 Å². The van der Waals surface area contributed by atoms with E-state index in [0.29, 0.717) is 5.69 Å². The fourth-order valence-corrected chi connectivity index (χ4v) is 1.49. The summed E-state index contributed by atoms with van der Waals surface area (Å²) >= 11 is 3.25. The molecule has 0 radical (unpaired) electrons. The van der Waals surface area contributed by atoms with E-state index in [0.717, 1.165) is 16.6 Å². The van der Waals surface area contributed by atoms with Gasteiger partial charge in [0.1, 0.15) is 4.60 Å². The van der Waals surface area contributed by atoms with E-state index in [9.17, 15) is 4.79 Å². The molecule has 0 unspecified atom stereocenters. The van der Waals surface area contributed by atoms with Crippen LogP contribution < -0.4 is 0 Å². The molecule has 0 aliphatic heterocycles. The summed E-state index contributed by atoms with van der Waals surface area (Å²) in [5, 5.41) is 6.48. The Kier molecular flexibility index (Phi) is 2.86. The molecule has 1 aromatic heterocycles. The molecule has 12 heavy (non-hydrogen) atoms. The van der Waals surface area contributed by atoms with Crippen LogP contribution in [0.2, 0.25) is 0 Å². The lowest BCUT2D eigenvalue weighted by atomic mass is 10.2. The average Bonchev–Trinajstić information content (AvgIpc) is 2.45. The number of nitrogens with zero attached hydrogens (tertiary/aromatic N) is 1. The zero-order valence-corrected chi connectivity index (χ0v) is 8.43. The zero-order valence-electron chi connectivity index (χ0n) is 6.85. The van der Waals surface area contributed by atoms with Crippen molar-refractivity contribution in [3.63, 3.8) is 0 Å². The van der Waals surface area contributed by atoms with Crippen LogP contribution in [-0.2, 0) is 11.2 Å². The molecule has 0 spiro atoms. The molecule has 0 fully saturated rings. The van der Waals surface area contributed by atoms with Crippen LogP contribution in [0.25, 0.3) is 0 Å². The SMILES string of the molecule is CCc1c(C(=O)OC)n[nH]c1Br. The molecule has 5 heteroatoms. The van der Waals surface area contributed by atoms with Crippen LogP contribution in [0, 0.1) is 0 Å². The van der Waals surface area contributed by atoms with Crippen molar-refractivity contribution >= 4 is 21.9 Å². The van der Waals surface area contributed by atoms with Gasteiger partial charge in [-0.25, -0.2) is 4.79 Å². The van der Waals surface area contributed by atoms with Gasteiger partial charge in [0.25, 0.3) is 0 Å². The molecular formula is C7H9BrN2O2. The number of methoxy groups -OCH3 is 1. The number of carbonyl (C=O) groups excluding carboxylic acids is 1. The summed E-state index contributed by atoms with van der Waals surface area (Å²) < 4.78 is 5.29. The summed E-state index contributed by atoms with van der Waals surface area (Å²) in [6.45, 7) is 1.95. The monoisotopic (exact) mass is 232 g/mol. The van der Waals surface area contributed by atoms with Crippen LogP contribution in [0.1, 0.15) is 23.0 Å². The Morgan fingerprint density at radius 3 is 2.92 bits per heavy atom. The lowest BCUT2D eigenvalue weighted by molar-refractivity contribution is 0.0593. The van der Waals surface area contributed by atoms with E-state index >= 15 is 0 Å². The first kappa shape index (κ1) is 9.25. The number of esters is 1. The first-order chi connectivity index (χ1) is 5.70. The number of ether oxygens (including phenoxy) is 1. The van der Waals surface area contributed by atoms with E-state index in [2.05, 4.69) is 30.9 Å². The van der Waals surface area contributed by atoms with Crippen molar-refractivity contribution in [3.05, 3.63) is 15.9 Å². The molecule has 0 atom stereocenters. The largest absolute Gasteiger partial charge is 0.464 e. The van der Waals surface area contributed by atoms with Crippen molar-refractivity contribution < 1.29 is 9.53 Å². The molecular weight excluding hydrogens is 224 g/mol. The number of rotatable bonds is 2. The van der Waals surface area contributed by atoms with Crippen molar-refractivity contribution in [2.75, 3.05) is 7.11 Å². The van der Waals surface area contributed by atoms with Crippen LogP contribution >= 0.6 is 15.9 Å². The average molecular weight is 233 g/mol. The van der Waals surface area contributed by atoms with Crippen LogP contribution in [0.15, 0.2) is 4.60 Å². The van der Waals surface area contributed by atoms with Crippen molar-refractivity contribution in [1.82, 2.24) is 10.2 Å². The number of carbonyl (C=O) groups is 1. The standard InChI is InChI=1S/C7H9BrN2O2/c1-3-4-5(7(11)12-2)9-10-6(4)8/h3H2,1-2H3,(H,9,10). The van der Waals surface area contributed by atoms with E-state index in [1.807, 2.05) is 6.92 Å². The number of aromatic nitrogens is 2. The number of halogens is 1. The Morgan fingerprint density at radius 2 is 2.42 bits per heavy atom. The topological polar surface area (TPSA) is 55.0 Å². The number of hydrogen-bond acceptors (Lipinski definition) is 3. The maximum atomic E-state index is 11.1. The highest BCUT2D eigenvalue weighted by Crippen LogP contribution is 2.18. The van der Waals surface area contributed by atoms with E-state index in [-0.39, 0.29) is 0 Å². The predicted molar refractivity (Wildman–Crippen MR) is 47.0 cm³/mol. The lowest BCUT2D eigenvalue weighted by Gasteiger charge is -1.96. The summed E-state index contributed by atoms with van der Waals surface area (Å²) in [7, 11) is 1.34. The molecule has 1 rings (SSSR count). The minimum atomic E-state index is -0.409. The molecule has 1 N–H and O–H groups in total. The Bertz CT molecular complexity index is 296. The normalized spacial score (nSPS) is 9.92. The second-order valence-corrected chi connectivity index (χ2v) is 3.00. The van der Waals surface area contributed by atoms with Crippen molar-refractivity contribution in [2.24, 2.45) is 0 Å². The molecule has 0 saturated carbocycles. The third kappa shape index (κ3) is 1.50. The fourth-order valence-electron chi connectivity index (χ4n) is 0.932. The maximum Gasteiger partial charge on any atom is 0.358 e. The smallest absolute Gasteiger partial charge is 0.358 e. The van der Waals surface area contributed by atoms with Crippen LogP contribution in [-0.4, -0.2) is 23.3 Å². The molecule has 66 valence electrons. The number of H-pyrrole nitrogens is 1. The lowest BCUT2D eigenvalue weighted by Crippen LogP contribution is -2.04. The first-order valence-electron chi connectivity index (χ1n) is 3.51. The molecule has 4 nitrogen and oxygen atoms in total. The quantitative estimate of drug-likeness (QED) is 0.788. The molecule has 0 amide bonds. The minimum Gasteiger partial charge on any atom is -0.464 e. The number of aromatic amines is 1. The summed E-state index contributed by atoms with van der Waals surface area (Å²) in [6.07, 6.45) is 0.738. The summed E-state index contributed by atoms with van der Waals surface area (Å²) in [5.74, 6) is -0.409. The van der Waals surface area contributed by atoms with Gasteiger partial charge in [-0.2, -0.15) is 5.10 Å². The Morgan fingerprint density at radius 1 is 1.75 bits per heavy atom. The number of hydrogen-bond donors (Lipinski definition) is 1. The van der Waals surface area contributed by atoms with Gasteiger partial charge in [0, 0.05) is 5.56 Å². The third-order valence-corrected chi connectivity index (χ3v) is 2.20. The summed E-state index contributed by atoms with van der Waals surface area (Å²) in [6, 6.07) is 0. The van der Waals surface area contributed by atoms with Gasteiger partial charge in [0.15, 0.2) is 5.69 Å². The molecule has 1 heterocycles. The van der Waals surface area contributed by atoms with Crippen molar-refractivity contribution in [3.8, 4) is 0 Å². The zero-order chi connectivity index (χ0) is 9.14. The molecule has 0 bridgehead atoms. The highest BCUT2D eigenvalue weighted by Gasteiger charge is 2.16. The van der Waals surface area contributed by atoms with Gasteiger partial charge in [0.2, 0.25) is 0 Å². The van der Waals surface area contributed by atoms with E-state index in [1.165, 1.54) is 7.11 Å². The van der Waals surface area contributed by atoms with E-state index in [1.54, 1.807) is 0 Å². The summed E-state index contributed by atoms with van der Waals surface area (Å²) in [4.78, 5) is 11.1. The highest BCUT2D eigenvalue weighted by molar-refractivity contribution is 9.10. The van der Waals surface area contributed by atoms with Gasteiger partial charge in [0.05, 0.1) is 7.11 Å². The van der Waals surface area contributed by atoms with Gasteiger partial charge < -0.3 is 4.74 Å². The minimum absolute atomic E-state index is 0.354. The molecule has 0 aliphatic rings. The second kappa shape index (κ2) is 3.71. The summed E-state index contributed by atoms with van der Waals surface area (Å²) in [5.41, 5.74) is 1.20. The second-order valence-electron chi connectivity index (χ2n) is 2.21. The van der Waals surface area contributed by atoms with Crippen molar-refractivity contribution in [2.45, 2.75) is 13.3 Å². The van der Waals surface area contributed by atoms with Gasteiger partial charge in [-0.1, -0.05) is 6.92 Å². The molecule has 0 aliphatic carbocycles. The van der Waals surface area contributed by atoms with Crippen molar-refractivity contribution in [1.29, 1.82) is 0 Å². The molecule has 0 saturated heterocycles. The molecule has 0 aromatic carbocycles.